The van der Waals surface area contributed by atoms with Crippen LogP contribution in [0.3, 0.4) is 0 Å². The molecule has 124 valence electrons. The molecule has 0 aliphatic carbocycles. The minimum Gasteiger partial charge on any atom is -0.381 e. The minimum atomic E-state index is -0.259. The highest BCUT2D eigenvalue weighted by Crippen LogP contribution is 2.26. The molecule has 2 aliphatic rings. The van der Waals surface area contributed by atoms with Crippen molar-refractivity contribution in [3.8, 4) is 0 Å². The third kappa shape index (κ3) is 3.87. The van der Waals surface area contributed by atoms with Crippen molar-refractivity contribution in [1.29, 1.82) is 0 Å². The van der Waals surface area contributed by atoms with Gasteiger partial charge in [0, 0.05) is 42.8 Å². The van der Waals surface area contributed by atoms with Crippen molar-refractivity contribution in [2.75, 3.05) is 31.3 Å². The van der Waals surface area contributed by atoms with Crippen molar-refractivity contribution in [3.63, 3.8) is 0 Å². The van der Waals surface area contributed by atoms with Gasteiger partial charge in [0.25, 0.3) is 0 Å². The Labute approximate surface area is 140 Å². The van der Waals surface area contributed by atoms with Gasteiger partial charge in [-0.2, -0.15) is 0 Å². The Morgan fingerprint density at radius 2 is 1.96 bits per heavy atom. The average molecular weight is 334 g/mol. The molecule has 2 aliphatic heterocycles. The van der Waals surface area contributed by atoms with E-state index in [-0.39, 0.29) is 23.8 Å². The number of nitrogens with one attached hydrogen (secondary N) is 1. The number of hydrogen-bond donors (Lipinski definition) is 1. The van der Waals surface area contributed by atoms with E-state index < -0.39 is 0 Å². The SMILES string of the molecule is CSc1ccc(NC(=O)C2CC(=O)N(C3CCOCC3)C2)cc1. The number of carbonyl (C=O) groups excluding carboxylic acids is 2. The second-order valence-corrected chi connectivity index (χ2v) is 6.89. The van der Waals surface area contributed by atoms with E-state index in [9.17, 15) is 9.59 Å². The lowest BCUT2D eigenvalue weighted by Crippen LogP contribution is -2.41. The first kappa shape index (κ1) is 16.3. The van der Waals surface area contributed by atoms with Gasteiger partial charge in [0.1, 0.15) is 0 Å². The van der Waals surface area contributed by atoms with E-state index in [1.165, 1.54) is 0 Å². The molecule has 0 radical (unpaired) electrons. The Morgan fingerprint density at radius 3 is 2.61 bits per heavy atom. The number of anilines is 1. The highest BCUT2D eigenvalue weighted by molar-refractivity contribution is 7.98. The molecule has 2 heterocycles. The summed E-state index contributed by atoms with van der Waals surface area (Å²) in [5, 5.41) is 2.93. The Hall–Kier alpha value is -1.53. The molecule has 1 atom stereocenters. The van der Waals surface area contributed by atoms with E-state index >= 15 is 0 Å². The maximum Gasteiger partial charge on any atom is 0.229 e. The van der Waals surface area contributed by atoms with Crippen LogP contribution in [0.5, 0.6) is 0 Å². The molecule has 1 N–H and O–H groups in total. The van der Waals surface area contributed by atoms with E-state index in [0.717, 1.165) is 23.4 Å². The average Bonchev–Trinajstić information content (AvgIpc) is 2.98. The van der Waals surface area contributed by atoms with Crippen LogP contribution in [0.25, 0.3) is 0 Å². The monoisotopic (exact) mass is 334 g/mol. The van der Waals surface area contributed by atoms with Crippen LogP contribution in [-0.4, -0.2) is 48.8 Å². The van der Waals surface area contributed by atoms with Gasteiger partial charge in [-0.1, -0.05) is 0 Å². The molecule has 0 bridgehead atoms. The summed E-state index contributed by atoms with van der Waals surface area (Å²) in [5.74, 6) is -0.231. The Morgan fingerprint density at radius 1 is 1.26 bits per heavy atom. The summed E-state index contributed by atoms with van der Waals surface area (Å²) in [6.07, 6.45) is 4.07. The molecule has 5 nitrogen and oxygen atoms in total. The standard InChI is InChI=1S/C17H22N2O3S/c1-23-15-4-2-13(3-5-15)18-17(21)12-10-16(20)19(11-12)14-6-8-22-9-7-14/h2-5,12,14H,6-11H2,1H3,(H,18,21). The number of likely N-dealkylation sites (tertiary alicyclic amines) is 1. The van der Waals surface area contributed by atoms with Crippen molar-refractivity contribution < 1.29 is 14.3 Å². The normalized spacial score (nSPS) is 22.4. The highest BCUT2D eigenvalue weighted by atomic mass is 32.2. The molecular weight excluding hydrogens is 312 g/mol. The topological polar surface area (TPSA) is 58.6 Å². The van der Waals surface area contributed by atoms with Crippen molar-refractivity contribution in [2.24, 2.45) is 5.92 Å². The molecule has 0 saturated carbocycles. The van der Waals surface area contributed by atoms with Crippen LogP contribution >= 0.6 is 11.8 Å². The Bertz CT molecular complexity index is 570. The van der Waals surface area contributed by atoms with E-state index in [0.29, 0.717) is 26.2 Å². The predicted molar refractivity (Wildman–Crippen MR) is 90.5 cm³/mol. The zero-order valence-electron chi connectivity index (χ0n) is 13.3. The van der Waals surface area contributed by atoms with Crippen LogP contribution in [-0.2, 0) is 14.3 Å². The quantitative estimate of drug-likeness (QED) is 0.859. The van der Waals surface area contributed by atoms with Gasteiger partial charge in [0.2, 0.25) is 11.8 Å². The zero-order chi connectivity index (χ0) is 16.2. The summed E-state index contributed by atoms with van der Waals surface area (Å²) in [4.78, 5) is 27.7. The molecule has 1 unspecified atom stereocenters. The molecule has 2 saturated heterocycles. The lowest BCUT2D eigenvalue weighted by Gasteiger charge is -2.31. The van der Waals surface area contributed by atoms with Gasteiger partial charge in [0.05, 0.1) is 5.92 Å². The van der Waals surface area contributed by atoms with Gasteiger partial charge >= 0.3 is 0 Å². The fraction of sp³-hybridized carbons (Fsp3) is 0.529. The maximum atomic E-state index is 12.4. The molecular formula is C17H22N2O3S. The molecule has 1 aromatic carbocycles. The molecule has 2 amide bonds. The summed E-state index contributed by atoms with van der Waals surface area (Å²) in [5.41, 5.74) is 0.782. The molecule has 0 spiro atoms. The first-order chi connectivity index (χ1) is 11.2. The number of thioether (sulfide) groups is 1. The summed E-state index contributed by atoms with van der Waals surface area (Å²) >= 11 is 1.66. The first-order valence-corrected chi connectivity index (χ1v) is 9.22. The lowest BCUT2D eigenvalue weighted by molar-refractivity contribution is -0.131. The fourth-order valence-corrected chi connectivity index (χ4v) is 3.58. The number of benzene rings is 1. The van der Waals surface area contributed by atoms with E-state index in [1.807, 2.05) is 35.4 Å². The maximum absolute atomic E-state index is 12.4. The molecule has 2 fully saturated rings. The fourth-order valence-electron chi connectivity index (χ4n) is 3.18. The third-order valence-electron chi connectivity index (χ3n) is 4.52. The zero-order valence-corrected chi connectivity index (χ0v) is 14.1. The number of ether oxygens (including phenoxy) is 1. The Balaban J connectivity index is 1.58. The summed E-state index contributed by atoms with van der Waals surface area (Å²) < 4.78 is 5.35. The third-order valence-corrected chi connectivity index (χ3v) is 5.26. The minimum absolute atomic E-state index is 0.0650. The van der Waals surface area contributed by atoms with Gasteiger partial charge in [-0.3, -0.25) is 9.59 Å². The number of nitrogens with zero attached hydrogens (tertiary/aromatic N) is 1. The summed E-state index contributed by atoms with van der Waals surface area (Å²) in [7, 11) is 0. The van der Waals surface area contributed by atoms with Gasteiger partial charge in [-0.05, 0) is 43.4 Å². The molecule has 6 heteroatoms. The smallest absolute Gasteiger partial charge is 0.229 e. The molecule has 1 aromatic rings. The van der Waals surface area contributed by atoms with Crippen molar-refractivity contribution in [2.45, 2.75) is 30.2 Å². The number of amides is 2. The number of carbonyl (C=O) groups is 2. The molecule has 23 heavy (non-hydrogen) atoms. The van der Waals surface area contributed by atoms with Crippen molar-refractivity contribution in [3.05, 3.63) is 24.3 Å². The summed E-state index contributed by atoms with van der Waals surface area (Å²) in [6, 6.07) is 7.99. The van der Waals surface area contributed by atoms with Gasteiger partial charge in [0.15, 0.2) is 0 Å². The van der Waals surface area contributed by atoms with Crippen molar-refractivity contribution >= 4 is 29.3 Å². The van der Waals surface area contributed by atoms with Crippen LogP contribution in [0.4, 0.5) is 5.69 Å². The summed E-state index contributed by atoms with van der Waals surface area (Å²) in [6.45, 7) is 1.93. The van der Waals surface area contributed by atoms with Gasteiger partial charge < -0.3 is 15.0 Å². The molecule has 3 rings (SSSR count). The van der Waals surface area contributed by atoms with Crippen LogP contribution in [0, 0.1) is 5.92 Å². The van der Waals surface area contributed by atoms with Crippen LogP contribution in [0.2, 0.25) is 0 Å². The Kier molecular flexibility index (Phi) is 5.23. The van der Waals surface area contributed by atoms with E-state index in [2.05, 4.69) is 5.32 Å². The highest BCUT2D eigenvalue weighted by Gasteiger charge is 2.38. The number of rotatable bonds is 4. The first-order valence-electron chi connectivity index (χ1n) is 7.99. The van der Waals surface area contributed by atoms with Crippen LogP contribution < -0.4 is 5.32 Å². The van der Waals surface area contributed by atoms with Crippen LogP contribution in [0.15, 0.2) is 29.2 Å². The number of hydrogen-bond acceptors (Lipinski definition) is 4. The van der Waals surface area contributed by atoms with Crippen LogP contribution in [0.1, 0.15) is 19.3 Å². The predicted octanol–water partition coefficient (Wildman–Crippen LogP) is 2.37. The largest absolute Gasteiger partial charge is 0.381 e. The second-order valence-electron chi connectivity index (χ2n) is 6.01. The van der Waals surface area contributed by atoms with E-state index in [1.54, 1.807) is 11.8 Å². The van der Waals surface area contributed by atoms with Gasteiger partial charge in [-0.25, -0.2) is 0 Å². The second kappa shape index (κ2) is 7.36. The van der Waals surface area contributed by atoms with Crippen molar-refractivity contribution in [1.82, 2.24) is 4.90 Å². The van der Waals surface area contributed by atoms with Gasteiger partial charge in [-0.15, -0.1) is 11.8 Å². The lowest BCUT2D eigenvalue weighted by atomic mass is 10.1. The van der Waals surface area contributed by atoms with E-state index in [4.69, 9.17) is 4.74 Å². The molecule has 0 aromatic heterocycles.